The molecule has 45 valence electrons. The molecule has 0 fully saturated rings. The van der Waals surface area contributed by atoms with Gasteiger partial charge in [-0.2, -0.15) is 0 Å². The Labute approximate surface area is 50.5 Å². The highest BCUT2D eigenvalue weighted by molar-refractivity contribution is 6.39. The van der Waals surface area contributed by atoms with Crippen LogP contribution in [-0.2, 0) is 9.53 Å². The summed E-state index contributed by atoms with van der Waals surface area (Å²) in [5.41, 5.74) is 0. The first-order valence-electron chi connectivity index (χ1n) is 2.74. The highest BCUT2D eigenvalue weighted by Crippen LogP contribution is 1.83. The quantitative estimate of drug-likeness (QED) is 0.398. The van der Waals surface area contributed by atoms with Gasteiger partial charge in [0.05, 0.1) is 6.61 Å². The third kappa shape index (κ3) is 3.72. The number of hydrogen-bond acceptors (Lipinski definition) is 2. The van der Waals surface area contributed by atoms with Crippen LogP contribution in [0.1, 0.15) is 6.92 Å². The van der Waals surface area contributed by atoms with Gasteiger partial charge in [0, 0.05) is 6.32 Å². The Balaban J connectivity index is 3.06. The van der Waals surface area contributed by atoms with Crippen LogP contribution in [0.4, 0.5) is 0 Å². The first-order valence-corrected chi connectivity index (χ1v) is 2.74. The van der Waals surface area contributed by atoms with E-state index in [9.17, 15) is 4.79 Å². The van der Waals surface area contributed by atoms with Crippen molar-refractivity contribution in [3.05, 3.63) is 0 Å². The maximum atomic E-state index is 10.4. The van der Waals surface area contributed by atoms with Crippen LogP contribution in [0, 0.1) is 0 Å². The van der Waals surface area contributed by atoms with E-state index in [1.54, 1.807) is 14.2 Å². The molecule has 0 spiro atoms. The van der Waals surface area contributed by atoms with Crippen molar-refractivity contribution in [3.63, 3.8) is 0 Å². The third-order valence-corrected chi connectivity index (χ3v) is 0.676. The van der Waals surface area contributed by atoms with Crippen molar-refractivity contribution in [2.24, 2.45) is 0 Å². The molecule has 0 atom stereocenters. The molecule has 0 heterocycles. The van der Waals surface area contributed by atoms with Crippen LogP contribution < -0.4 is 0 Å². The van der Waals surface area contributed by atoms with Gasteiger partial charge in [0.15, 0.2) is 0 Å². The average molecular weight is 113 g/mol. The second kappa shape index (κ2) is 4.69. The number of hydrogen-bond donors (Lipinski definition) is 0. The maximum Gasteiger partial charge on any atom is 0.297 e. The first-order chi connectivity index (χ1) is 3.81. The fraction of sp³-hybridized carbons (Fsp3) is 0.800. The van der Waals surface area contributed by atoms with E-state index in [0.29, 0.717) is 12.9 Å². The standard InChI is InChI=1S/C5H10BO2/c1-3-8-5(7)4-6-2/h3-4H2,1-2H3. The molecule has 8 heavy (non-hydrogen) atoms. The molecule has 2 nitrogen and oxygen atoms in total. The SMILES string of the molecule is C[B]CC(=O)OCC. The third-order valence-electron chi connectivity index (χ3n) is 0.676. The molecular weight excluding hydrogens is 103 g/mol. The smallest absolute Gasteiger partial charge is 0.297 e. The topological polar surface area (TPSA) is 26.3 Å². The van der Waals surface area contributed by atoms with Gasteiger partial charge < -0.3 is 4.74 Å². The van der Waals surface area contributed by atoms with Crippen molar-refractivity contribution in [1.29, 1.82) is 0 Å². The van der Waals surface area contributed by atoms with E-state index in [0.717, 1.165) is 0 Å². The number of carbonyl (C=O) groups excluding carboxylic acids is 1. The summed E-state index contributed by atoms with van der Waals surface area (Å²) in [6, 6.07) is 0. The van der Waals surface area contributed by atoms with Gasteiger partial charge in [-0.15, -0.1) is 0 Å². The Morgan fingerprint density at radius 2 is 2.38 bits per heavy atom. The lowest BCUT2D eigenvalue weighted by molar-refractivity contribution is -0.140. The normalized spacial score (nSPS) is 8.25. The Hall–Kier alpha value is -0.465. The van der Waals surface area contributed by atoms with Crippen LogP contribution in [0.2, 0.25) is 13.1 Å². The van der Waals surface area contributed by atoms with E-state index in [2.05, 4.69) is 4.74 Å². The van der Waals surface area contributed by atoms with Crippen molar-refractivity contribution >= 4 is 13.2 Å². The number of esters is 1. The zero-order valence-electron chi connectivity index (χ0n) is 5.31. The molecule has 0 aliphatic rings. The summed E-state index contributed by atoms with van der Waals surface area (Å²) in [5.74, 6) is -0.144. The largest absolute Gasteiger partial charge is 0.466 e. The van der Waals surface area contributed by atoms with Crippen LogP contribution in [0.15, 0.2) is 0 Å². The van der Waals surface area contributed by atoms with Crippen LogP contribution in [0.5, 0.6) is 0 Å². The van der Waals surface area contributed by atoms with Crippen molar-refractivity contribution in [1.82, 2.24) is 0 Å². The highest BCUT2D eigenvalue weighted by atomic mass is 16.5. The summed E-state index contributed by atoms with van der Waals surface area (Å²) >= 11 is 0. The fourth-order valence-corrected chi connectivity index (χ4v) is 0.387. The Morgan fingerprint density at radius 3 is 2.75 bits per heavy atom. The van der Waals surface area contributed by atoms with Gasteiger partial charge in [-0.25, -0.2) is 0 Å². The fourth-order valence-electron chi connectivity index (χ4n) is 0.387. The van der Waals surface area contributed by atoms with Crippen LogP contribution in [0.3, 0.4) is 0 Å². The van der Waals surface area contributed by atoms with Gasteiger partial charge in [0.25, 0.3) is 5.97 Å². The number of carbonyl (C=O) groups is 1. The predicted octanol–water partition coefficient (Wildman–Crippen LogP) is 0.720. The molecule has 0 aromatic rings. The van der Waals surface area contributed by atoms with E-state index in [1.165, 1.54) is 0 Å². The summed E-state index contributed by atoms with van der Waals surface area (Å²) in [5, 5.41) is 0. The monoisotopic (exact) mass is 113 g/mol. The lowest BCUT2D eigenvalue weighted by atomic mass is 9.78. The lowest BCUT2D eigenvalue weighted by Gasteiger charge is -1.95. The highest BCUT2D eigenvalue weighted by Gasteiger charge is 1.96. The zero-order chi connectivity index (χ0) is 6.41. The van der Waals surface area contributed by atoms with Crippen molar-refractivity contribution in [3.8, 4) is 0 Å². The lowest BCUT2D eigenvalue weighted by Crippen LogP contribution is -2.04. The minimum Gasteiger partial charge on any atom is -0.466 e. The summed E-state index contributed by atoms with van der Waals surface area (Å²) < 4.78 is 4.61. The molecule has 0 bridgehead atoms. The van der Waals surface area contributed by atoms with Crippen molar-refractivity contribution < 1.29 is 9.53 Å². The molecule has 0 aromatic heterocycles. The van der Waals surface area contributed by atoms with Crippen molar-refractivity contribution in [2.45, 2.75) is 20.1 Å². The molecule has 0 saturated heterocycles. The van der Waals surface area contributed by atoms with E-state index in [1.807, 2.05) is 6.82 Å². The Kier molecular flexibility index (Phi) is 4.42. The summed E-state index contributed by atoms with van der Waals surface area (Å²) in [7, 11) is 1.78. The van der Waals surface area contributed by atoms with E-state index < -0.39 is 0 Å². The summed E-state index contributed by atoms with van der Waals surface area (Å²) in [4.78, 5) is 10.4. The molecule has 0 amide bonds. The number of rotatable bonds is 3. The molecule has 0 saturated carbocycles. The van der Waals surface area contributed by atoms with Gasteiger partial charge in [0.2, 0.25) is 0 Å². The molecule has 0 aliphatic carbocycles. The molecule has 0 N–H and O–H groups in total. The van der Waals surface area contributed by atoms with E-state index in [-0.39, 0.29) is 5.97 Å². The molecule has 0 unspecified atom stereocenters. The van der Waals surface area contributed by atoms with Gasteiger partial charge in [0.1, 0.15) is 7.28 Å². The van der Waals surface area contributed by atoms with Gasteiger partial charge in [-0.05, 0) is 6.92 Å². The number of ether oxygens (including phenoxy) is 1. The second-order valence-electron chi connectivity index (χ2n) is 1.42. The van der Waals surface area contributed by atoms with Crippen LogP contribution in [-0.4, -0.2) is 19.9 Å². The zero-order valence-corrected chi connectivity index (χ0v) is 5.31. The van der Waals surface area contributed by atoms with E-state index in [4.69, 9.17) is 0 Å². The summed E-state index contributed by atoms with van der Waals surface area (Å²) in [6.45, 7) is 4.11. The van der Waals surface area contributed by atoms with Gasteiger partial charge >= 0.3 is 0 Å². The molecule has 3 heteroatoms. The van der Waals surface area contributed by atoms with Gasteiger partial charge in [-0.3, -0.25) is 4.79 Å². The van der Waals surface area contributed by atoms with Crippen LogP contribution in [0.25, 0.3) is 0 Å². The molecule has 0 aliphatic heterocycles. The maximum absolute atomic E-state index is 10.4. The molecule has 0 rings (SSSR count). The summed E-state index contributed by atoms with van der Waals surface area (Å²) in [6.07, 6.45) is 0.424. The molecular formula is C5H10BO2. The van der Waals surface area contributed by atoms with Crippen LogP contribution >= 0.6 is 0 Å². The average Bonchev–Trinajstić information content (AvgIpc) is 1.68. The van der Waals surface area contributed by atoms with E-state index >= 15 is 0 Å². The minimum atomic E-state index is -0.144. The second-order valence-corrected chi connectivity index (χ2v) is 1.42. The predicted molar refractivity (Wildman–Crippen MR) is 33.1 cm³/mol. The Morgan fingerprint density at radius 1 is 1.75 bits per heavy atom. The Bertz CT molecular complexity index is 64.8. The van der Waals surface area contributed by atoms with Crippen molar-refractivity contribution in [2.75, 3.05) is 6.61 Å². The first kappa shape index (κ1) is 7.53. The van der Waals surface area contributed by atoms with Gasteiger partial charge in [-0.1, -0.05) is 6.82 Å². The molecule has 0 aromatic carbocycles. The molecule has 1 radical (unpaired) electrons. The minimum absolute atomic E-state index is 0.144.